The lowest BCUT2D eigenvalue weighted by Gasteiger charge is -2.18. The van der Waals surface area contributed by atoms with E-state index >= 15 is 0 Å². The van der Waals surface area contributed by atoms with Gasteiger partial charge in [-0.15, -0.1) is 10.2 Å². The molecule has 0 aliphatic carbocycles. The lowest BCUT2D eigenvalue weighted by atomic mass is 10.1. The second-order valence-corrected chi connectivity index (χ2v) is 8.84. The summed E-state index contributed by atoms with van der Waals surface area (Å²) in [6, 6.07) is 11.0. The monoisotopic (exact) mass is 534 g/mol. The summed E-state index contributed by atoms with van der Waals surface area (Å²) in [4.78, 5) is 11.2. The molecule has 0 saturated carbocycles. The summed E-state index contributed by atoms with van der Waals surface area (Å²) in [6.45, 7) is 5.46. The molecule has 0 spiro atoms. The fourth-order valence-corrected chi connectivity index (χ4v) is 4.86. The number of thioether (sulfide) groups is 1. The first-order chi connectivity index (χ1) is 15.9. The molecule has 1 atom stereocenters. The Balaban J connectivity index is 2.00. The Labute approximate surface area is 204 Å². The molecule has 3 aromatic rings. The molecule has 2 aromatic carbocycles. The maximum atomic E-state index is 11.5. The molecule has 0 bridgehead atoms. The summed E-state index contributed by atoms with van der Waals surface area (Å²) in [5.41, 5.74) is 1.51. The zero-order chi connectivity index (χ0) is 24.0. The molecule has 1 aromatic heterocycles. The van der Waals surface area contributed by atoms with Crippen molar-refractivity contribution in [2.24, 2.45) is 0 Å². The number of aromatic nitrogens is 3. The number of halogens is 1. The first-order valence-corrected chi connectivity index (χ1v) is 11.5. The molecule has 1 heterocycles. The fraction of sp³-hybridized carbons (Fsp3) is 0.273. The standard InChI is InChI=1S/C22H23BrN4O5S/c1-5-10-32-21-18(23)11-15(12-19(21)31-4)20(13-26(28)29)33-22-25-24-14(2)27(22)16-6-8-17(30-3)9-7-16/h5-9,11-12,20H,1,10,13H2,2-4H3/t20-/m1/s1. The number of nitrogens with zero attached hydrogens (tertiary/aromatic N) is 4. The maximum Gasteiger partial charge on any atom is 0.220 e. The molecule has 0 aliphatic rings. The Morgan fingerprint density at radius 3 is 2.58 bits per heavy atom. The van der Waals surface area contributed by atoms with Crippen molar-refractivity contribution in [3.05, 3.63) is 75.0 Å². The van der Waals surface area contributed by atoms with Crippen molar-refractivity contribution in [1.29, 1.82) is 0 Å². The summed E-state index contributed by atoms with van der Waals surface area (Å²) >= 11 is 4.75. The highest BCUT2D eigenvalue weighted by atomic mass is 79.9. The van der Waals surface area contributed by atoms with Crippen LogP contribution >= 0.6 is 27.7 Å². The van der Waals surface area contributed by atoms with E-state index in [9.17, 15) is 10.1 Å². The summed E-state index contributed by atoms with van der Waals surface area (Å²) in [7, 11) is 3.12. The second kappa shape index (κ2) is 11.2. The lowest BCUT2D eigenvalue weighted by Crippen LogP contribution is -2.12. The van der Waals surface area contributed by atoms with Gasteiger partial charge in [-0.2, -0.15) is 0 Å². The molecule has 0 saturated heterocycles. The third-order valence-electron chi connectivity index (χ3n) is 4.66. The van der Waals surface area contributed by atoms with Crippen molar-refractivity contribution < 1.29 is 19.1 Å². The molecule has 174 valence electrons. The van der Waals surface area contributed by atoms with Gasteiger partial charge in [0.05, 0.1) is 18.7 Å². The van der Waals surface area contributed by atoms with Gasteiger partial charge in [0.25, 0.3) is 0 Å². The van der Waals surface area contributed by atoms with E-state index < -0.39 is 5.25 Å². The Kier molecular flexibility index (Phi) is 8.34. The van der Waals surface area contributed by atoms with Gasteiger partial charge in [-0.3, -0.25) is 14.7 Å². The molecule has 0 radical (unpaired) electrons. The summed E-state index contributed by atoms with van der Waals surface area (Å²) in [6.07, 6.45) is 1.62. The summed E-state index contributed by atoms with van der Waals surface area (Å²) < 4.78 is 18.9. The van der Waals surface area contributed by atoms with Crippen LogP contribution in [0.25, 0.3) is 5.69 Å². The highest BCUT2D eigenvalue weighted by molar-refractivity contribution is 9.10. The van der Waals surface area contributed by atoms with E-state index in [4.69, 9.17) is 14.2 Å². The number of hydrogen-bond acceptors (Lipinski definition) is 8. The number of methoxy groups -OCH3 is 2. The second-order valence-electron chi connectivity index (χ2n) is 6.82. The first-order valence-electron chi connectivity index (χ1n) is 9.84. The fourth-order valence-electron chi connectivity index (χ4n) is 3.13. The average molecular weight is 535 g/mol. The van der Waals surface area contributed by atoms with Crippen LogP contribution < -0.4 is 14.2 Å². The Bertz CT molecular complexity index is 1140. The van der Waals surface area contributed by atoms with Gasteiger partial charge in [-0.1, -0.05) is 24.4 Å². The molecular weight excluding hydrogens is 512 g/mol. The van der Waals surface area contributed by atoms with Crippen LogP contribution in [0.4, 0.5) is 0 Å². The highest BCUT2D eigenvalue weighted by Gasteiger charge is 2.26. The van der Waals surface area contributed by atoms with Crippen LogP contribution in [0, 0.1) is 17.0 Å². The minimum atomic E-state index is -0.556. The minimum Gasteiger partial charge on any atom is -0.497 e. The Morgan fingerprint density at radius 1 is 1.24 bits per heavy atom. The van der Waals surface area contributed by atoms with Gasteiger partial charge < -0.3 is 14.2 Å². The Hall–Kier alpha value is -3.05. The minimum absolute atomic E-state index is 0.297. The van der Waals surface area contributed by atoms with Crippen LogP contribution in [-0.4, -0.2) is 47.1 Å². The van der Waals surface area contributed by atoms with Crippen molar-refractivity contribution >= 4 is 27.7 Å². The van der Waals surface area contributed by atoms with Crippen LogP contribution in [0.1, 0.15) is 16.6 Å². The molecule has 11 heteroatoms. The van der Waals surface area contributed by atoms with Crippen molar-refractivity contribution in [3.8, 4) is 22.9 Å². The van der Waals surface area contributed by atoms with E-state index in [1.165, 1.54) is 18.9 Å². The van der Waals surface area contributed by atoms with Crippen molar-refractivity contribution in [2.45, 2.75) is 17.3 Å². The predicted octanol–water partition coefficient (Wildman–Crippen LogP) is 5.03. The molecule has 0 N–H and O–H groups in total. The largest absolute Gasteiger partial charge is 0.497 e. The average Bonchev–Trinajstić information content (AvgIpc) is 3.16. The number of ether oxygens (including phenoxy) is 3. The van der Waals surface area contributed by atoms with E-state index in [1.54, 1.807) is 25.3 Å². The Morgan fingerprint density at radius 2 is 1.97 bits per heavy atom. The summed E-state index contributed by atoms with van der Waals surface area (Å²) in [5, 5.41) is 19.9. The van der Waals surface area contributed by atoms with Crippen molar-refractivity contribution in [2.75, 3.05) is 27.4 Å². The normalized spacial score (nSPS) is 11.6. The molecule has 0 unspecified atom stereocenters. The van der Waals surface area contributed by atoms with Gasteiger partial charge in [-0.05, 0) is 64.8 Å². The van der Waals surface area contributed by atoms with Gasteiger partial charge in [0.15, 0.2) is 16.7 Å². The van der Waals surface area contributed by atoms with Crippen LogP contribution in [0.2, 0.25) is 0 Å². The predicted molar refractivity (Wildman–Crippen MR) is 129 cm³/mol. The number of hydrogen-bond donors (Lipinski definition) is 0. The SMILES string of the molecule is C=CCOc1c(Br)cc([C@@H](C[N+](=O)[O-])Sc2nnc(C)n2-c2ccc(OC)cc2)cc1OC. The van der Waals surface area contributed by atoms with Gasteiger partial charge in [0, 0.05) is 10.6 Å². The highest BCUT2D eigenvalue weighted by Crippen LogP contribution is 2.43. The number of benzene rings is 2. The smallest absolute Gasteiger partial charge is 0.220 e. The quantitative estimate of drug-likeness (QED) is 0.146. The topological polar surface area (TPSA) is 102 Å². The molecule has 0 amide bonds. The lowest BCUT2D eigenvalue weighted by molar-refractivity contribution is -0.479. The zero-order valence-corrected chi connectivity index (χ0v) is 20.8. The van der Waals surface area contributed by atoms with E-state index in [1.807, 2.05) is 35.8 Å². The number of aryl methyl sites for hydroxylation is 1. The van der Waals surface area contributed by atoms with E-state index in [0.717, 1.165) is 11.4 Å². The zero-order valence-electron chi connectivity index (χ0n) is 18.4. The van der Waals surface area contributed by atoms with Gasteiger partial charge in [0.1, 0.15) is 23.4 Å². The van der Waals surface area contributed by atoms with Gasteiger partial charge in [0.2, 0.25) is 6.54 Å². The van der Waals surface area contributed by atoms with E-state index in [-0.39, 0.29) is 11.5 Å². The molecule has 3 rings (SSSR count). The molecule has 0 aliphatic heterocycles. The molecule has 0 fully saturated rings. The molecule has 9 nitrogen and oxygen atoms in total. The molecule has 33 heavy (non-hydrogen) atoms. The van der Waals surface area contributed by atoms with Gasteiger partial charge >= 0.3 is 0 Å². The van der Waals surface area contributed by atoms with Crippen LogP contribution in [0.3, 0.4) is 0 Å². The van der Waals surface area contributed by atoms with Crippen LogP contribution in [0.5, 0.6) is 17.2 Å². The van der Waals surface area contributed by atoms with Crippen LogP contribution in [-0.2, 0) is 0 Å². The van der Waals surface area contributed by atoms with Crippen molar-refractivity contribution in [1.82, 2.24) is 14.8 Å². The van der Waals surface area contributed by atoms with E-state index in [0.29, 0.717) is 39.1 Å². The van der Waals surface area contributed by atoms with Crippen LogP contribution in [0.15, 0.2) is 58.7 Å². The summed E-state index contributed by atoms with van der Waals surface area (Å²) in [5.74, 6) is 2.35. The van der Waals surface area contributed by atoms with Crippen molar-refractivity contribution in [3.63, 3.8) is 0 Å². The third kappa shape index (κ3) is 5.85. The third-order valence-corrected chi connectivity index (χ3v) is 6.43. The maximum absolute atomic E-state index is 11.5. The first kappa shape index (κ1) is 24.6. The number of nitro groups is 1. The van der Waals surface area contributed by atoms with Gasteiger partial charge in [-0.25, -0.2) is 0 Å². The number of rotatable bonds is 11. The van der Waals surface area contributed by atoms with E-state index in [2.05, 4.69) is 32.7 Å². The molecular formula is C22H23BrN4O5S.